The van der Waals surface area contributed by atoms with Crippen molar-refractivity contribution in [2.24, 2.45) is 0 Å². The van der Waals surface area contributed by atoms with Gasteiger partial charge in [-0.1, -0.05) is 125 Å². The highest BCUT2D eigenvalue weighted by Gasteiger charge is 2.13. The van der Waals surface area contributed by atoms with E-state index in [1.165, 1.54) is 72.7 Å². The monoisotopic (exact) mass is 1040 g/mol. The summed E-state index contributed by atoms with van der Waals surface area (Å²) < 4.78 is 5.76. The molecule has 62 heavy (non-hydrogen) atoms. The second kappa shape index (κ2) is 26.1. The third-order valence-electron chi connectivity index (χ3n) is 9.23. The Morgan fingerprint density at radius 2 is 0.774 bits per heavy atom. The highest BCUT2D eigenvalue weighted by molar-refractivity contribution is 9.10. The number of para-hydroxylation sites is 6. The average molecular weight is 1040 g/mol. The largest absolute Gasteiger partial charge is 0.399 e. The van der Waals surface area contributed by atoms with Crippen LogP contribution in [0, 0.1) is 0 Å². The van der Waals surface area contributed by atoms with E-state index in [9.17, 15) is 0 Å². The van der Waals surface area contributed by atoms with Crippen molar-refractivity contribution >= 4 is 170 Å². The predicted molar refractivity (Wildman–Crippen MR) is 296 cm³/mol. The van der Waals surface area contributed by atoms with Gasteiger partial charge in [-0.05, 0) is 97.1 Å². The Kier molecular flexibility index (Phi) is 20.4. The molecule has 0 unspecified atom stereocenters. The van der Waals surface area contributed by atoms with E-state index in [0.29, 0.717) is 0 Å². The van der Waals surface area contributed by atoms with E-state index in [1.54, 1.807) is 0 Å². The highest BCUT2D eigenvalue weighted by Crippen LogP contribution is 2.35. The standard InChI is InChI=1S/C24H18N2.C18H12BrN.C6H7N.S4.S3.S2/c1-3-9-18(10-4-1)25-19-15-16-24-22(17-19)21-13-7-8-14-23(21)26(24)20-11-5-2-6-12-20;19-13-10-11-18-16(12-13)15-8-4-5-9-17(15)20(18)14-6-2-1-3-7-14;7-6-4-2-1-3-5-6;1-3-4-2;1-3-2;1-2/h1-17,25H;1-12H;1-5H,7H2;;;. The second-order valence-corrected chi connectivity index (χ2v) is 19.1. The van der Waals surface area contributed by atoms with Crippen molar-refractivity contribution in [2.75, 3.05) is 11.1 Å². The molecule has 0 radical (unpaired) electrons. The first-order valence-corrected chi connectivity index (χ1v) is 27.4. The van der Waals surface area contributed by atoms with E-state index in [-0.39, 0.29) is 0 Å². The molecule has 14 heteroatoms. The van der Waals surface area contributed by atoms with E-state index >= 15 is 0 Å². The number of nitrogen functional groups attached to an aromatic ring is 1. The average Bonchev–Trinajstić information content (AvgIpc) is 3.84. The molecule has 0 aliphatic heterocycles. The third kappa shape index (κ3) is 13.0. The van der Waals surface area contributed by atoms with Gasteiger partial charge in [0.2, 0.25) is 0 Å². The van der Waals surface area contributed by atoms with Crippen molar-refractivity contribution in [3.05, 3.63) is 211 Å². The molecular formula is C48H37BrN4S9. The summed E-state index contributed by atoms with van der Waals surface area (Å²) in [6.07, 6.45) is 0. The number of fused-ring (bicyclic) bond motifs is 6. The van der Waals surface area contributed by atoms with Gasteiger partial charge in [-0.15, -0.1) is 0 Å². The molecule has 10 rings (SSSR count). The summed E-state index contributed by atoms with van der Waals surface area (Å²) in [6, 6.07) is 71.0. The lowest BCUT2D eigenvalue weighted by Crippen LogP contribution is -1.93. The van der Waals surface area contributed by atoms with E-state index < -0.39 is 0 Å². The zero-order valence-electron chi connectivity index (χ0n) is 32.7. The fraction of sp³-hybridized carbons (Fsp3) is 0. The maximum absolute atomic E-state index is 5.36. The Morgan fingerprint density at radius 1 is 0.403 bits per heavy atom. The molecule has 2 heterocycles. The van der Waals surface area contributed by atoms with Crippen LogP contribution in [0.3, 0.4) is 0 Å². The van der Waals surface area contributed by atoms with Crippen LogP contribution >= 0.6 is 15.9 Å². The minimum absolute atomic E-state index is 0.822. The van der Waals surface area contributed by atoms with Gasteiger partial charge < -0.3 is 20.2 Å². The summed E-state index contributed by atoms with van der Waals surface area (Å²) in [6.45, 7) is 0. The van der Waals surface area contributed by atoms with Crippen LogP contribution in [0.4, 0.5) is 17.1 Å². The number of benzene rings is 8. The van der Waals surface area contributed by atoms with Crippen LogP contribution in [0.1, 0.15) is 0 Å². The van der Waals surface area contributed by atoms with Gasteiger partial charge in [0.15, 0.2) is 0 Å². The van der Waals surface area contributed by atoms with Crippen LogP contribution in [-0.4, -0.2) is 9.13 Å². The number of anilines is 3. The molecule has 0 fully saturated rings. The Morgan fingerprint density at radius 3 is 1.21 bits per heavy atom. The van der Waals surface area contributed by atoms with E-state index in [0.717, 1.165) is 30.4 Å². The fourth-order valence-electron chi connectivity index (χ4n) is 6.85. The van der Waals surface area contributed by atoms with Gasteiger partial charge in [0, 0.05) is 148 Å². The van der Waals surface area contributed by atoms with Gasteiger partial charge in [-0.25, -0.2) is 0 Å². The fourth-order valence-corrected chi connectivity index (χ4v) is 7.21. The number of nitrogens with zero attached hydrogens (tertiary/aromatic N) is 2. The summed E-state index contributed by atoms with van der Waals surface area (Å²) in [5.41, 5.74) is 15.7. The first kappa shape index (κ1) is 48.5. The molecule has 0 spiro atoms. The quantitative estimate of drug-likeness (QED) is 0.169. The van der Waals surface area contributed by atoms with Crippen molar-refractivity contribution < 1.29 is 0 Å². The van der Waals surface area contributed by atoms with Crippen LogP contribution in [0.15, 0.2) is 211 Å². The Labute approximate surface area is 408 Å². The lowest BCUT2D eigenvalue weighted by atomic mass is 10.1. The van der Waals surface area contributed by atoms with Crippen molar-refractivity contribution in [1.29, 1.82) is 0 Å². The number of hydrogen-bond acceptors (Lipinski definition) is 8. The zero-order valence-corrected chi connectivity index (χ0v) is 41.6. The van der Waals surface area contributed by atoms with Gasteiger partial charge in [0.1, 0.15) is 0 Å². The maximum atomic E-state index is 5.36. The first-order chi connectivity index (χ1) is 30.5. The Bertz CT molecular complexity index is 3080. The topological polar surface area (TPSA) is 47.9 Å². The first-order valence-electron chi connectivity index (χ1n) is 18.6. The summed E-state index contributed by atoms with van der Waals surface area (Å²) in [5.74, 6) is 0. The van der Waals surface area contributed by atoms with E-state index in [2.05, 4.69) is 249 Å². The van der Waals surface area contributed by atoms with Crippen molar-refractivity contribution in [3.8, 4) is 11.4 Å². The smallest absolute Gasteiger partial charge is 0.0542 e. The molecular weight excluding hydrogens is 1000 g/mol. The van der Waals surface area contributed by atoms with Gasteiger partial charge in [-0.2, -0.15) is 0 Å². The normalized spacial score (nSPS) is 9.82. The summed E-state index contributed by atoms with van der Waals surface area (Å²) in [7, 11) is 3.26. The summed E-state index contributed by atoms with van der Waals surface area (Å²) in [4.78, 5) is 0. The van der Waals surface area contributed by atoms with Gasteiger partial charge in [-0.3, -0.25) is 0 Å². The molecule has 0 aliphatic carbocycles. The number of aromatic nitrogens is 2. The van der Waals surface area contributed by atoms with Crippen LogP contribution in [0.2, 0.25) is 0 Å². The molecule has 4 nitrogen and oxygen atoms in total. The Balaban J connectivity index is 0.000000177. The third-order valence-corrected chi connectivity index (χ3v) is 11.9. The number of nitrogens with two attached hydrogens (primary N) is 1. The van der Waals surface area contributed by atoms with Gasteiger partial charge in [0.25, 0.3) is 0 Å². The second-order valence-electron chi connectivity index (χ2n) is 12.9. The number of rotatable bonds is 4. The molecule has 0 amide bonds. The van der Waals surface area contributed by atoms with Gasteiger partial charge in [0.05, 0.1) is 22.1 Å². The molecule has 310 valence electrons. The lowest BCUT2D eigenvalue weighted by Gasteiger charge is -2.09. The molecule has 3 N–H and O–H groups in total. The number of halogens is 1. The van der Waals surface area contributed by atoms with E-state index in [4.69, 9.17) is 5.73 Å². The molecule has 0 aliphatic rings. The maximum Gasteiger partial charge on any atom is 0.0542 e. The minimum atomic E-state index is 0.822. The highest BCUT2D eigenvalue weighted by atomic mass is 79.9. The van der Waals surface area contributed by atoms with Crippen molar-refractivity contribution in [1.82, 2.24) is 9.13 Å². The van der Waals surface area contributed by atoms with E-state index in [1.807, 2.05) is 54.6 Å². The van der Waals surface area contributed by atoms with Crippen LogP contribution in [0.25, 0.3) is 55.0 Å². The molecule has 0 bridgehead atoms. The Hall–Kier alpha value is -4.58. The summed E-state index contributed by atoms with van der Waals surface area (Å²) in [5, 5.41) is 8.58. The zero-order chi connectivity index (χ0) is 44.1. The SMILES string of the molecule is Brc1ccc2c(c1)c1ccccc1n2-c1ccccc1.Nc1ccccc1.S=S.S=S=S.S=S=S=S.c1ccc(Nc2ccc3c(c2)c2ccccc2n3-c2ccccc2)cc1. The minimum Gasteiger partial charge on any atom is -0.399 e. The molecule has 0 saturated heterocycles. The molecule has 2 aromatic heterocycles. The summed E-state index contributed by atoms with van der Waals surface area (Å²) >= 11 is 27.8. The molecule has 10 aromatic rings. The van der Waals surface area contributed by atoms with Crippen LogP contribution < -0.4 is 11.1 Å². The van der Waals surface area contributed by atoms with Crippen LogP contribution in [0.5, 0.6) is 0 Å². The van der Waals surface area contributed by atoms with Crippen molar-refractivity contribution in [3.63, 3.8) is 0 Å². The number of nitrogens with one attached hydrogen (secondary N) is 1. The molecule has 0 atom stereocenters. The van der Waals surface area contributed by atoms with Crippen LogP contribution in [-0.2, 0) is 93.8 Å². The number of hydrogen-bond donors (Lipinski definition) is 2. The molecule has 8 aromatic carbocycles. The van der Waals surface area contributed by atoms with Gasteiger partial charge >= 0.3 is 0 Å². The van der Waals surface area contributed by atoms with Crippen molar-refractivity contribution in [2.45, 2.75) is 0 Å². The lowest BCUT2D eigenvalue weighted by molar-refractivity contribution is 1.18. The predicted octanol–water partition coefficient (Wildman–Crippen LogP) is 13.3. The molecule has 0 saturated carbocycles.